The Morgan fingerprint density at radius 3 is 2.62 bits per heavy atom. The van der Waals surface area contributed by atoms with Crippen LogP contribution in [0, 0.1) is 0 Å². The van der Waals surface area contributed by atoms with E-state index in [1.807, 2.05) is 41.1 Å². The third kappa shape index (κ3) is 2.72. The van der Waals surface area contributed by atoms with Crippen molar-refractivity contribution in [1.29, 1.82) is 0 Å². The molecule has 0 spiro atoms. The molecule has 122 valence electrons. The van der Waals surface area contributed by atoms with E-state index in [2.05, 4.69) is 4.98 Å². The van der Waals surface area contributed by atoms with Crippen LogP contribution in [-0.4, -0.2) is 46.7 Å². The summed E-state index contributed by atoms with van der Waals surface area (Å²) >= 11 is 0. The van der Waals surface area contributed by atoms with E-state index in [-0.39, 0.29) is 5.91 Å². The Hall–Kier alpha value is -2.86. The van der Waals surface area contributed by atoms with Gasteiger partial charge in [-0.3, -0.25) is 9.36 Å². The van der Waals surface area contributed by atoms with Gasteiger partial charge in [-0.1, -0.05) is 30.3 Å². The Morgan fingerprint density at radius 1 is 1.04 bits per heavy atom. The number of ether oxygens (including phenoxy) is 1. The second kappa shape index (κ2) is 6.33. The fourth-order valence-corrected chi connectivity index (χ4v) is 2.78. The van der Waals surface area contributed by atoms with Gasteiger partial charge in [0, 0.05) is 37.1 Å². The van der Waals surface area contributed by atoms with E-state index in [9.17, 15) is 4.79 Å². The second-order valence-electron chi connectivity index (χ2n) is 5.53. The van der Waals surface area contributed by atoms with E-state index in [4.69, 9.17) is 9.15 Å². The summed E-state index contributed by atoms with van der Waals surface area (Å²) in [6, 6.07) is 13.4. The summed E-state index contributed by atoms with van der Waals surface area (Å²) in [4.78, 5) is 18.6. The summed E-state index contributed by atoms with van der Waals surface area (Å²) < 4.78 is 12.9. The molecule has 3 aromatic rings. The zero-order valence-corrected chi connectivity index (χ0v) is 13.1. The number of hydrogen-bond acceptors (Lipinski definition) is 4. The molecule has 1 fully saturated rings. The van der Waals surface area contributed by atoms with Crippen LogP contribution in [-0.2, 0) is 4.74 Å². The molecule has 0 bridgehead atoms. The number of benzene rings is 1. The first-order chi connectivity index (χ1) is 11.8. The molecule has 24 heavy (non-hydrogen) atoms. The number of aromatic nitrogens is 2. The van der Waals surface area contributed by atoms with Crippen molar-refractivity contribution in [1.82, 2.24) is 14.5 Å². The number of amides is 1. The van der Waals surface area contributed by atoms with Crippen molar-refractivity contribution in [2.24, 2.45) is 0 Å². The third-order valence-corrected chi connectivity index (χ3v) is 4.01. The molecule has 1 aliphatic heterocycles. The lowest BCUT2D eigenvalue weighted by molar-refractivity contribution is 0.0282. The van der Waals surface area contributed by atoms with Gasteiger partial charge < -0.3 is 14.1 Å². The molecule has 0 aliphatic carbocycles. The molecular formula is C18H17N3O3. The van der Waals surface area contributed by atoms with E-state index >= 15 is 0 Å². The van der Waals surface area contributed by atoms with Gasteiger partial charge in [0.15, 0.2) is 5.76 Å². The van der Waals surface area contributed by atoms with Crippen molar-refractivity contribution in [2.45, 2.75) is 0 Å². The van der Waals surface area contributed by atoms with E-state index in [1.165, 1.54) is 0 Å². The predicted molar refractivity (Wildman–Crippen MR) is 88.0 cm³/mol. The fraction of sp³-hybridized carbons (Fsp3) is 0.222. The number of furan rings is 1. The van der Waals surface area contributed by atoms with Gasteiger partial charge >= 0.3 is 0 Å². The van der Waals surface area contributed by atoms with E-state index in [0.717, 1.165) is 11.4 Å². The average molecular weight is 323 g/mol. The number of imidazole rings is 1. The van der Waals surface area contributed by atoms with Crippen LogP contribution >= 0.6 is 0 Å². The quantitative estimate of drug-likeness (QED) is 0.743. The predicted octanol–water partition coefficient (Wildman–Crippen LogP) is 2.60. The SMILES string of the molecule is O=C(c1ccc(-n2ccnc2-c2ccccc2)o1)N1CCOCC1. The van der Waals surface area contributed by atoms with Gasteiger partial charge in [0.2, 0.25) is 5.88 Å². The van der Waals surface area contributed by atoms with Crippen LogP contribution in [0.2, 0.25) is 0 Å². The number of hydrogen-bond donors (Lipinski definition) is 0. The minimum Gasteiger partial charge on any atom is -0.435 e. The number of morpholine rings is 1. The lowest BCUT2D eigenvalue weighted by Gasteiger charge is -2.25. The molecule has 1 aliphatic rings. The first kappa shape index (κ1) is 14.7. The lowest BCUT2D eigenvalue weighted by Crippen LogP contribution is -2.40. The molecule has 0 radical (unpaired) electrons. The maximum Gasteiger partial charge on any atom is 0.289 e. The number of carbonyl (C=O) groups excluding carboxylic acids is 1. The first-order valence-corrected chi connectivity index (χ1v) is 7.89. The maximum absolute atomic E-state index is 12.5. The van der Waals surface area contributed by atoms with Gasteiger partial charge in [-0.2, -0.15) is 0 Å². The Morgan fingerprint density at radius 2 is 1.83 bits per heavy atom. The maximum atomic E-state index is 12.5. The van der Waals surface area contributed by atoms with Crippen molar-refractivity contribution < 1.29 is 13.9 Å². The Kier molecular flexibility index (Phi) is 3.88. The van der Waals surface area contributed by atoms with E-state index in [0.29, 0.717) is 37.9 Å². The first-order valence-electron chi connectivity index (χ1n) is 7.89. The summed E-state index contributed by atoms with van der Waals surface area (Å²) in [5, 5.41) is 0. The molecule has 3 heterocycles. The van der Waals surface area contributed by atoms with Gasteiger partial charge in [0.1, 0.15) is 5.82 Å². The van der Waals surface area contributed by atoms with Crippen LogP contribution in [0.5, 0.6) is 0 Å². The Balaban J connectivity index is 1.62. The molecular weight excluding hydrogens is 306 g/mol. The molecule has 0 unspecified atom stereocenters. The highest BCUT2D eigenvalue weighted by Gasteiger charge is 2.22. The normalized spacial score (nSPS) is 14.8. The van der Waals surface area contributed by atoms with Gasteiger partial charge in [-0.25, -0.2) is 4.98 Å². The van der Waals surface area contributed by atoms with E-state index < -0.39 is 0 Å². The largest absolute Gasteiger partial charge is 0.435 e. The lowest BCUT2D eigenvalue weighted by atomic mass is 10.2. The number of rotatable bonds is 3. The molecule has 1 amide bonds. The second-order valence-corrected chi connectivity index (χ2v) is 5.53. The molecule has 0 N–H and O–H groups in total. The summed E-state index contributed by atoms with van der Waals surface area (Å²) in [5.41, 5.74) is 0.986. The number of nitrogens with zero attached hydrogens (tertiary/aromatic N) is 3. The Labute approximate surface area is 139 Å². The monoisotopic (exact) mass is 323 g/mol. The highest BCUT2D eigenvalue weighted by molar-refractivity contribution is 5.91. The van der Waals surface area contributed by atoms with Gasteiger partial charge in [0.05, 0.1) is 13.2 Å². The van der Waals surface area contributed by atoms with Crippen LogP contribution in [0.3, 0.4) is 0 Å². The molecule has 6 nitrogen and oxygen atoms in total. The molecule has 4 rings (SSSR count). The van der Waals surface area contributed by atoms with Crippen molar-refractivity contribution in [3.8, 4) is 17.3 Å². The average Bonchev–Trinajstić information content (AvgIpc) is 3.32. The van der Waals surface area contributed by atoms with Crippen molar-refractivity contribution in [3.63, 3.8) is 0 Å². The smallest absolute Gasteiger partial charge is 0.289 e. The zero-order valence-electron chi connectivity index (χ0n) is 13.1. The zero-order chi connectivity index (χ0) is 16.4. The topological polar surface area (TPSA) is 60.5 Å². The van der Waals surface area contributed by atoms with Crippen molar-refractivity contribution in [3.05, 3.63) is 60.6 Å². The van der Waals surface area contributed by atoms with Crippen LogP contribution in [0.25, 0.3) is 17.3 Å². The van der Waals surface area contributed by atoms with Crippen molar-refractivity contribution >= 4 is 5.91 Å². The summed E-state index contributed by atoms with van der Waals surface area (Å²) in [6.45, 7) is 2.32. The summed E-state index contributed by atoms with van der Waals surface area (Å²) in [5.74, 6) is 1.57. The molecule has 6 heteroatoms. The molecule has 2 aromatic heterocycles. The van der Waals surface area contributed by atoms with E-state index in [1.54, 1.807) is 23.2 Å². The third-order valence-electron chi connectivity index (χ3n) is 4.01. The fourth-order valence-electron chi connectivity index (χ4n) is 2.78. The summed E-state index contributed by atoms with van der Waals surface area (Å²) in [6.07, 6.45) is 3.54. The standard InChI is InChI=1S/C18H17N3O3/c22-18(20-10-12-23-13-11-20)15-6-7-16(24-15)21-9-8-19-17(21)14-4-2-1-3-5-14/h1-9H,10-13H2. The van der Waals surface area contributed by atoms with Crippen LogP contribution < -0.4 is 0 Å². The minimum atomic E-state index is -0.106. The molecule has 0 saturated carbocycles. The van der Waals surface area contributed by atoms with Gasteiger partial charge in [0.25, 0.3) is 5.91 Å². The van der Waals surface area contributed by atoms with Crippen molar-refractivity contribution in [2.75, 3.05) is 26.3 Å². The van der Waals surface area contributed by atoms with Gasteiger partial charge in [-0.05, 0) is 6.07 Å². The molecule has 1 aromatic carbocycles. The highest BCUT2D eigenvalue weighted by atomic mass is 16.5. The molecule has 0 atom stereocenters. The van der Waals surface area contributed by atoms with Crippen LogP contribution in [0.1, 0.15) is 10.6 Å². The van der Waals surface area contributed by atoms with Crippen LogP contribution in [0.15, 0.2) is 59.3 Å². The minimum absolute atomic E-state index is 0.106. The van der Waals surface area contributed by atoms with Crippen LogP contribution in [0.4, 0.5) is 0 Å². The highest BCUT2D eigenvalue weighted by Crippen LogP contribution is 2.23. The molecule has 1 saturated heterocycles. The Bertz CT molecular complexity index is 832. The number of carbonyl (C=O) groups is 1. The van der Waals surface area contributed by atoms with Gasteiger partial charge in [-0.15, -0.1) is 0 Å². The summed E-state index contributed by atoms with van der Waals surface area (Å²) in [7, 11) is 0.